The Labute approximate surface area is 130 Å². The van der Waals surface area contributed by atoms with Crippen molar-refractivity contribution in [3.05, 3.63) is 48.3 Å². The summed E-state index contributed by atoms with van der Waals surface area (Å²) in [6.07, 6.45) is 13.2. The van der Waals surface area contributed by atoms with Gasteiger partial charge < -0.3 is 9.80 Å². The number of hydrogen-bond donors (Lipinski definition) is 0. The lowest BCUT2D eigenvalue weighted by atomic mass is 10.1. The van der Waals surface area contributed by atoms with Crippen molar-refractivity contribution in [3.8, 4) is 0 Å². The Morgan fingerprint density at radius 2 is 1.57 bits per heavy atom. The Morgan fingerprint density at radius 3 is 2.29 bits per heavy atom. The van der Waals surface area contributed by atoms with Crippen LogP contribution in [-0.2, 0) is 6.54 Å². The van der Waals surface area contributed by atoms with E-state index in [9.17, 15) is 0 Å². The zero-order valence-corrected chi connectivity index (χ0v) is 13.7. The summed E-state index contributed by atoms with van der Waals surface area (Å²) in [6, 6.07) is 10.8. The van der Waals surface area contributed by atoms with Crippen LogP contribution in [0.15, 0.2) is 42.7 Å². The molecule has 116 valence electrons. The fourth-order valence-electron chi connectivity index (χ4n) is 3.09. The largest absolute Gasteiger partial charge is 0.356 e. The number of unbranched alkanes of at least 4 members (excludes halogenated alkanes) is 4. The third-order valence-electron chi connectivity index (χ3n) is 4.35. The van der Waals surface area contributed by atoms with Gasteiger partial charge in [0.25, 0.3) is 0 Å². The lowest BCUT2D eigenvalue weighted by molar-refractivity contribution is 0.139. The van der Waals surface area contributed by atoms with Crippen molar-refractivity contribution in [2.24, 2.45) is 0 Å². The minimum absolute atomic E-state index is 0.553. The zero-order valence-electron chi connectivity index (χ0n) is 13.7. The predicted molar refractivity (Wildman–Crippen MR) is 90.7 cm³/mol. The molecular formula is C19H30N2. The molecule has 0 saturated heterocycles. The second-order valence-electron chi connectivity index (χ2n) is 5.97. The van der Waals surface area contributed by atoms with Crippen LogP contribution in [0.2, 0.25) is 0 Å². The van der Waals surface area contributed by atoms with E-state index in [0.717, 1.165) is 13.1 Å². The van der Waals surface area contributed by atoms with Gasteiger partial charge in [-0.25, -0.2) is 0 Å². The molecule has 0 bridgehead atoms. The molecule has 0 spiro atoms. The molecule has 2 rings (SSSR count). The van der Waals surface area contributed by atoms with E-state index in [1.807, 2.05) is 0 Å². The highest BCUT2D eigenvalue weighted by Gasteiger charge is 2.24. The Morgan fingerprint density at radius 1 is 0.857 bits per heavy atom. The van der Waals surface area contributed by atoms with Crippen LogP contribution in [0.5, 0.6) is 0 Å². The van der Waals surface area contributed by atoms with Gasteiger partial charge in [0.15, 0.2) is 0 Å². The van der Waals surface area contributed by atoms with Gasteiger partial charge in [0.05, 0.1) is 0 Å². The van der Waals surface area contributed by atoms with E-state index in [4.69, 9.17) is 0 Å². The smallest absolute Gasteiger partial charge is 0.101 e. The lowest BCUT2D eigenvalue weighted by Gasteiger charge is -2.32. The van der Waals surface area contributed by atoms with Crippen LogP contribution in [0.25, 0.3) is 0 Å². The van der Waals surface area contributed by atoms with Crippen LogP contribution >= 0.6 is 0 Å². The Kier molecular flexibility index (Phi) is 6.65. The van der Waals surface area contributed by atoms with Gasteiger partial charge in [-0.05, 0) is 25.3 Å². The van der Waals surface area contributed by atoms with Gasteiger partial charge in [-0.2, -0.15) is 0 Å². The van der Waals surface area contributed by atoms with Crippen LogP contribution in [0.3, 0.4) is 0 Å². The van der Waals surface area contributed by atoms with Crippen molar-refractivity contribution in [2.75, 3.05) is 6.54 Å². The summed E-state index contributed by atoms with van der Waals surface area (Å²) < 4.78 is 0. The van der Waals surface area contributed by atoms with Crippen LogP contribution in [0.4, 0.5) is 0 Å². The summed E-state index contributed by atoms with van der Waals surface area (Å²) in [4.78, 5) is 4.97. The van der Waals surface area contributed by atoms with E-state index in [2.05, 4.69) is 66.4 Å². The molecule has 1 unspecified atom stereocenters. The molecule has 1 aromatic rings. The summed E-state index contributed by atoms with van der Waals surface area (Å²) in [5.41, 5.74) is 1.40. The van der Waals surface area contributed by atoms with Gasteiger partial charge in [0.1, 0.15) is 6.17 Å². The van der Waals surface area contributed by atoms with Crippen LogP contribution in [0.1, 0.15) is 57.9 Å². The number of hydrogen-bond acceptors (Lipinski definition) is 2. The molecule has 1 atom stereocenters. The Balaban J connectivity index is 1.85. The van der Waals surface area contributed by atoms with Crippen molar-refractivity contribution in [2.45, 2.75) is 65.1 Å². The quantitative estimate of drug-likeness (QED) is 0.591. The van der Waals surface area contributed by atoms with E-state index in [0.29, 0.717) is 6.17 Å². The fraction of sp³-hybridized carbons (Fsp3) is 0.579. The standard InChI is InChI=1S/C19H30N2/c1-3-5-6-7-11-14-19-20(4-2)15-16-21(19)17-18-12-9-8-10-13-18/h8-10,12-13,15-16,19H,3-7,11,14,17H2,1-2H3. The molecular weight excluding hydrogens is 256 g/mol. The first kappa shape index (κ1) is 15.9. The second-order valence-corrected chi connectivity index (χ2v) is 5.97. The van der Waals surface area contributed by atoms with E-state index >= 15 is 0 Å². The maximum atomic E-state index is 2.50. The molecule has 0 amide bonds. The predicted octanol–water partition coefficient (Wildman–Crippen LogP) is 4.98. The Hall–Kier alpha value is -1.44. The first-order valence-corrected chi connectivity index (χ1v) is 8.59. The van der Waals surface area contributed by atoms with E-state index in [1.54, 1.807) is 0 Å². The molecule has 1 aliphatic rings. The summed E-state index contributed by atoms with van der Waals surface area (Å²) in [7, 11) is 0. The van der Waals surface area contributed by atoms with Crippen molar-refractivity contribution in [1.29, 1.82) is 0 Å². The normalized spacial score (nSPS) is 17.7. The zero-order chi connectivity index (χ0) is 14.9. The van der Waals surface area contributed by atoms with Gasteiger partial charge in [0.2, 0.25) is 0 Å². The van der Waals surface area contributed by atoms with Crippen LogP contribution in [-0.4, -0.2) is 22.5 Å². The monoisotopic (exact) mass is 286 g/mol. The minimum atomic E-state index is 0.553. The average Bonchev–Trinajstić information content (AvgIpc) is 2.90. The van der Waals surface area contributed by atoms with Crippen molar-refractivity contribution in [3.63, 3.8) is 0 Å². The van der Waals surface area contributed by atoms with Gasteiger partial charge in [0, 0.05) is 25.5 Å². The summed E-state index contributed by atoms with van der Waals surface area (Å²) >= 11 is 0. The number of rotatable bonds is 9. The van der Waals surface area contributed by atoms with Gasteiger partial charge in [-0.15, -0.1) is 0 Å². The first-order valence-electron chi connectivity index (χ1n) is 8.59. The fourth-order valence-corrected chi connectivity index (χ4v) is 3.09. The number of benzene rings is 1. The van der Waals surface area contributed by atoms with Gasteiger partial charge >= 0.3 is 0 Å². The van der Waals surface area contributed by atoms with Crippen molar-refractivity contribution >= 4 is 0 Å². The molecule has 1 heterocycles. The molecule has 0 radical (unpaired) electrons. The van der Waals surface area contributed by atoms with Crippen LogP contribution in [0, 0.1) is 0 Å². The highest BCUT2D eigenvalue weighted by atomic mass is 15.4. The van der Waals surface area contributed by atoms with E-state index in [-0.39, 0.29) is 0 Å². The molecule has 0 aromatic heterocycles. The lowest BCUT2D eigenvalue weighted by Crippen LogP contribution is -2.38. The van der Waals surface area contributed by atoms with Crippen molar-refractivity contribution < 1.29 is 0 Å². The Bertz CT molecular complexity index is 413. The highest BCUT2D eigenvalue weighted by Crippen LogP contribution is 2.23. The first-order chi connectivity index (χ1) is 10.3. The van der Waals surface area contributed by atoms with Crippen LogP contribution < -0.4 is 0 Å². The second kappa shape index (κ2) is 8.76. The average molecular weight is 286 g/mol. The molecule has 0 saturated carbocycles. The molecule has 21 heavy (non-hydrogen) atoms. The molecule has 1 aromatic carbocycles. The SMILES string of the molecule is CCCCCCCC1N(CC)C=CN1Cc1ccccc1. The molecule has 0 aliphatic carbocycles. The molecule has 2 nitrogen and oxygen atoms in total. The molecule has 2 heteroatoms. The minimum Gasteiger partial charge on any atom is -0.356 e. The molecule has 1 aliphatic heterocycles. The maximum absolute atomic E-state index is 2.50. The summed E-state index contributed by atoms with van der Waals surface area (Å²) in [5.74, 6) is 0. The number of nitrogens with zero attached hydrogens (tertiary/aromatic N) is 2. The summed E-state index contributed by atoms with van der Waals surface area (Å²) in [5, 5.41) is 0. The van der Waals surface area contributed by atoms with Gasteiger partial charge in [-0.3, -0.25) is 0 Å². The topological polar surface area (TPSA) is 6.48 Å². The third-order valence-corrected chi connectivity index (χ3v) is 4.35. The maximum Gasteiger partial charge on any atom is 0.101 e. The van der Waals surface area contributed by atoms with Gasteiger partial charge in [-0.1, -0.05) is 62.9 Å². The molecule has 0 fully saturated rings. The van der Waals surface area contributed by atoms with Crippen molar-refractivity contribution in [1.82, 2.24) is 9.80 Å². The third kappa shape index (κ3) is 4.80. The van der Waals surface area contributed by atoms with E-state index < -0.39 is 0 Å². The summed E-state index contributed by atoms with van der Waals surface area (Å²) in [6.45, 7) is 6.65. The highest BCUT2D eigenvalue weighted by molar-refractivity contribution is 5.15. The molecule has 0 N–H and O–H groups in total. The van der Waals surface area contributed by atoms with E-state index in [1.165, 1.54) is 44.1 Å².